The van der Waals surface area contributed by atoms with Crippen molar-refractivity contribution < 1.29 is 0 Å². The average molecular weight is 219 g/mol. The van der Waals surface area contributed by atoms with E-state index in [-0.39, 0.29) is 0 Å². The molecule has 0 amide bonds. The normalized spacial score (nSPS) is 18.2. The summed E-state index contributed by atoms with van der Waals surface area (Å²) in [6.45, 7) is 5.85. The Bertz CT molecular complexity index is 299. The Labute approximate surface area is 97.6 Å². The molecule has 2 rings (SSSR count). The number of nitrogen functional groups attached to an aromatic ring is 1. The van der Waals surface area contributed by atoms with Gasteiger partial charge in [-0.3, -0.25) is 0 Å². The fourth-order valence-corrected chi connectivity index (χ4v) is 2.10. The first-order chi connectivity index (χ1) is 7.84. The molecule has 1 aromatic carbocycles. The van der Waals surface area contributed by atoms with E-state index in [4.69, 9.17) is 5.73 Å². The minimum Gasteiger partial charge on any atom is -0.399 e. The van der Waals surface area contributed by atoms with Crippen molar-refractivity contribution in [3.63, 3.8) is 0 Å². The summed E-state index contributed by atoms with van der Waals surface area (Å²) < 4.78 is 0. The standard InChI is InChI=1S/C13H21N3/c14-13-4-2-12(3-5-13)6-10-16-9-1-7-15-8-11-16/h2-5,15H,1,6-11,14H2. The van der Waals surface area contributed by atoms with Gasteiger partial charge >= 0.3 is 0 Å². The Morgan fingerprint density at radius 1 is 1.12 bits per heavy atom. The lowest BCUT2D eigenvalue weighted by Crippen LogP contribution is -2.30. The molecule has 0 radical (unpaired) electrons. The van der Waals surface area contributed by atoms with Gasteiger partial charge in [-0.2, -0.15) is 0 Å². The molecule has 1 heterocycles. The van der Waals surface area contributed by atoms with E-state index in [0.717, 1.165) is 25.2 Å². The van der Waals surface area contributed by atoms with Crippen LogP contribution in [0.5, 0.6) is 0 Å². The number of hydrogen-bond donors (Lipinski definition) is 2. The largest absolute Gasteiger partial charge is 0.399 e. The maximum atomic E-state index is 5.67. The monoisotopic (exact) mass is 219 g/mol. The SMILES string of the molecule is Nc1ccc(CCN2CCCNCC2)cc1. The molecular weight excluding hydrogens is 198 g/mol. The molecule has 16 heavy (non-hydrogen) atoms. The first kappa shape index (κ1) is 11.4. The lowest BCUT2D eigenvalue weighted by Gasteiger charge is -2.19. The first-order valence-corrected chi connectivity index (χ1v) is 6.12. The summed E-state index contributed by atoms with van der Waals surface area (Å²) in [7, 11) is 0. The summed E-state index contributed by atoms with van der Waals surface area (Å²) >= 11 is 0. The minimum absolute atomic E-state index is 0.850. The van der Waals surface area contributed by atoms with E-state index in [0.29, 0.717) is 0 Å². The molecule has 0 aromatic heterocycles. The minimum atomic E-state index is 0.850. The summed E-state index contributed by atoms with van der Waals surface area (Å²) in [4.78, 5) is 2.54. The zero-order valence-electron chi connectivity index (χ0n) is 9.78. The van der Waals surface area contributed by atoms with Crippen LogP contribution in [0.25, 0.3) is 0 Å². The highest BCUT2D eigenvalue weighted by molar-refractivity contribution is 5.39. The Balaban J connectivity index is 1.79. The average Bonchev–Trinajstić information content (AvgIpc) is 2.57. The molecule has 0 atom stereocenters. The van der Waals surface area contributed by atoms with Crippen LogP contribution in [0.2, 0.25) is 0 Å². The highest BCUT2D eigenvalue weighted by Gasteiger charge is 2.07. The quantitative estimate of drug-likeness (QED) is 0.748. The van der Waals surface area contributed by atoms with Gasteiger partial charge in [-0.1, -0.05) is 12.1 Å². The number of anilines is 1. The van der Waals surface area contributed by atoms with E-state index in [1.165, 1.54) is 31.6 Å². The van der Waals surface area contributed by atoms with Crippen LogP contribution in [0.4, 0.5) is 5.69 Å². The Kier molecular flexibility index (Phi) is 4.19. The van der Waals surface area contributed by atoms with Gasteiger partial charge in [0.25, 0.3) is 0 Å². The summed E-state index contributed by atoms with van der Waals surface area (Å²) in [6, 6.07) is 8.23. The van der Waals surface area contributed by atoms with E-state index < -0.39 is 0 Å². The van der Waals surface area contributed by atoms with Crippen molar-refractivity contribution in [1.29, 1.82) is 0 Å². The molecule has 1 aliphatic heterocycles. The Morgan fingerprint density at radius 2 is 1.94 bits per heavy atom. The second-order valence-electron chi connectivity index (χ2n) is 4.44. The van der Waals surface area contributed by atoms with Crippen molar-refractivity contribution >= 4 is 5.69 Å². The maximum absolute atomic E-state index is 5.67. The second-order valence-corrected chi connectivity index (χ2v) is 4.44. The second kappa shape index (κ2) is 5.87. The van der Waals surface area contributed by atoms with Crippen LogP contribution in [-0.2, 0) is 6.42 Å². The predicted molar refractivity (Wildman–Crippen MR) is 68.5 cm³/mol. The molecule has 1 aliphatic rings. The molecule has 0 spiro atoms. The molecule has 1 saturated heterocycles. The zero-order chi connectivity index (χ0) is 11.2. The highest BCUT2D eigenvalue weighted by Crippen LogP contribution is 2.07. The fourth-order valence-electron chi connectivity index (χ4n) is 2.10. The van der Waals surface area contributed by atoms with Gasteiger partial charge in [0.1, 0.15) is 0 Å². The predicted octanol–water partition coefficient (Wildman–Crippen LogP) is 1.11. The third-order valence-corrected chi connectivity index (χ3v) is 3.13. The van der Waals surface area contributed by atoms with Crippen molar-refractivity contribution in [1.82, 2.24) is 10.2 Å². The first-order valence-electron chi connectivity index (χ1n) is 6.12. The zero-order valence-corrected chi connectivity index (χ0v) is 9.78. The van der Waals surface area contributed by atoms with Crippen LogP contribution < -0.4 is 11.1 Å². The number of nitrogens with one attached hydrogen (secondary N) is 1. The molecule has 3 heteroatoms. The third kappa shape index (κ3) is 3.51. The Morgan fingerprint density at radius 3 is 2.75 bits per heavy atom. The van der Waals surface area contributed by atoms with E-state index in [2.05, 4.69) is 22.3 Å². The number of hydrogen-bond acceptors (Lipinski definition) is 3. The van der Waals surface area contributed by atoms with Gasteiger partial charge in [0.15, 0.2) is 0 Å². The van der Waals surface area contributed by atoms with Gasteiger partial charge in [-0.15, -0.1) is 0 Å². The van der Waals surface area contributed by atoms with E-state index in [1.807, 2.05) is 12.1 Å². The summed E-state index contributed by atoms with van der Waals surface area (Å²) in [5.74, 6) is 0. The van der Waals surface area contributed by atoms with Gasteiger partial charge in [-0.05, 0) is 43.6 Å². The number of nitrogens with zero attached hydrogens (tertiary/aromatic N) is 1. The van der Waals surface area contributed by atoms with Crippen LogP contribution in [0.15, 0.2) is 24.3 Å². The van der Waals surface area contributed by atoms with E-state index in [1.54, 1.807) is 0 Å². The van der Waals surface area contributed by atoms with Gasteiger partial charge in [-0.25, -0.2) is 0 Å². The summed E-state index contributed by atoms with van der Waals surface area (Å²) in [6.07, 6.45) is 2.39. The van der Waals surface area contributed by atoms with Gasteiger partial charge in [0, 0.05) is 25.3 Å². The molecule has 3 N–H and O–H groups in total. The molecule has 0 saturated carbocycles. The molecule has 0 aliphatic carbocycles. The van der Waals surface area contributed by atoms with Crippen LogP contribution in [0.1, 0.15) is 12.0 Å². The van der Waals surface area contributed by atoms with Crippen molar-refractivity contribution in [2.45, 2.75) is 12.8 Å². The van der Waals surface area contributed by atoms with Crippen molar-refractivity contribution in [3.05, 3.63) is 29.8 Å². The van der Waals surface area contributed by atoms with Crippen LogP contribution >= 0.6 is 0 Å². The summed E-state index contributed by atoms with van der Waals surface area (Å²) in [5, 5.41) is 3.42. The number of nitrogens with two attached hydrogens (primary N) is 1. The third-order valence-electron chi connectivity index (χ3n) is 3.13. The number of rotatable bonds is 3. The molecule has 0 unspecified atom stereocenters. The fraction of sp³-hybridized carbons (Fsp3) is 0.538. The molecule has 1 fully saturated rings. The maximum Gasteiger partial charge on any atom is 0.0314 e. The summed E-state index contributed by atoms with van der Waals surface area (Å²) in [5.41, 5.74) is 7.90. The lowest BCUT2D eigenvalue weighted by atomic mass is 10.1. The van der Waals surface area contributed by atoms with Gasteiger partial charge < -0.3 is 16.0 Å². The van der Waals surface area contributed by atoms with Crippen molar-refractivity contribution in [3.8, 4) is 0 Å². The van der Waals surface area contributed by atoms with E-state index >= 15 is 0 Å². The van der Waals surface area contributed by atoms with Crippen LogP contribution in [0.3, 0.4) is 0 Å². The van der Waals surface area contributed by atoms with Gasteiger partial charge in [0.05, 0.1) is 0 Å². The van der Waals surface area contributed by atoms with Crippen LogP contribution in [0, 0.1) is 0 Å². The van der Waals surface area contributed by atoms with E-state index in [9.17, 15) is 0 Å². The molecule has 0 bridgehead atoms. The Hall–Kier alpha value is -1.06. The van der Waals surface area contributed by atoms with Crippen molar-refractivity contribution in [2.75, 3.05) is 38.5 Å². The number of benzene rings is 1. The molecule has 1 aromatic rings. The topological polar surface area (TPSA) is 41.3 Å². The van der Waals surface area contributed by atoms with Gasteiger partial charge in [0.2, 0.25) is 0 Å². The highest BCUT2D eigenvalue weighted by atomic mass is 15.1. The van der Waals surface area contributed by atoms with Crippen molar-refractivity contribution in [2.24, 2.45) is 0 Å². The van der Waals surface area contributed by atoms with Crippen LogP contribution in [-0.4, -0.2) is 37.6 Å². The smallest absolute Gasteiger partial charge is 0.0314 e. The molecule has 3 nitrogen and oxygen atoms in total. The lowest BCUT2D eigenvalue weighted by molar-refractivity contribution is 0.296. The molecular formula is C13H21N3. The molecule has 88 valence electrons.